The molecule has 1 aromatic carbocycles. The second kappa shape index (κ2) is 16.7. The van der Waals surface area contributed by atoms with Crippen LogP contribution in [0.3, 0.4) is 0 Å². The number of ether oxygens (including phenoxy) is 1. The summed E-state index contributed by atoms with van der Waals surface area (Å²) in [5.41, 5.74) is 6.53. The average molecular weight is 476 g/mol. The zero-order valence-electron chi connectivity index (χ0n) is 22.1. The molecule has 0 spiro atoms. The highest BCUT2D eigenvalue weighted by Crippen LogP contribution is 2.26. The number of hydrogen-bond donors (Lipinski definition) is 2. The van der Waals surface area contributed by atoms with E-state index in [1.165, 1.54) is 64.2 Å². The van der Waals surface area contributed by atoms with Crippen molar-refractivity contribution in [3.8, 4) is 5.75 Å². The molecule has 2 unspecified atom stereocenters. The number of carboxylic acid groups (broad SMARTS) is 1. The van der Waals surface area contributed by atoms with Crippen molar-refractivity contribution in [3.63, 3.8) is 0 Å². The quantitative estimate of drug-likeness (QED) is 0.159. The maximum Gasteiger partial charge on any atom is 0.316 e. The molecule has 5 heteroatoms. The van der Waals surface area contributed by atoms with Gasteiger partial charge in [0.2, 0.25) is 0 Å². The van der Waals surface area contributed by atoms with Crippen molar-refractivity contribution in [1.82, 2.24) is 0 Å². The molecule has 3 N–H and O–H groups in total. The number of rotatable bonds is 19. The lowest BCUT2D eigenvalue weighted by molar-refractivity contribution is -0.147. The van der Waals surface area contributed by atoms with Gasteiger partial charge in [0.05, 0.1) is 6.04 Å². The Morgan fingerprint density at radius 3 is 1.68 bits per heavy atom. The van der Waals surface area contributed by atoms with Crippen molar-refractivity contribution in [2.75, 3.05) is 0 Å². The van der Waals surface area contributed by atoms with E-state index in [2.05, 4.69) is 6.92 Å². The van der Waals surface area contributed by atoms with Crippen molar-refractivity contribution in [3.05, 3.63) is 29.8 Å². The van der Waals surface area contributed by atoms with Gasteiger partial charge < -0.3 is 15.6 Å². The highest BCUT2D eigenvalue weighted by molar-refractivity contribution is 5.99. The number of benzene rings is 1. The molecule has 1 aromatic rings. The Bertz CT molecular complexity index is 693. The van der Waals surface area contributed by atoms with Gasteiger partial charge in [-0.15, -0.1) is 0 Å². The number of aliphatic carboxylic acids is 1. The molecule has 0 saturated heterocycles. The first-order valence-corrected chi connectivity index (χ1v) is 13.5. The topological polar surface area (TPSA) is 89.6 Å². The monoisotopic (exact) mass is 475 g/mol. The molecule has 0 heterocycles. The number of carbonyl (C=O) groups is 2. The Morgan fingerprint density at radius 2 is 1.26 bits per heavy atom. The average Bonchev–Trinajstić information content (AvgIpc) is 2.76. The van der Waals surface area contributed by atoms with E-state index < -0.39 is 17.9 Å². The van der Waals surface area contributed by atoms with Crippen molar-refractivity contribution in [1.29, 1.82) is 0 Å². The molecule has 5 nitrogen and oxygen atoms in total. The maximum atomic E-state index is 12.7. The third-order valence-electron chi connectivity index (χ3n) is 6.19. The minimum Gasteiger partial charge on any atom is -0.488 e. The van der Waals surface area contributed by atoms with E-state index >= 15 is 0 Å². The van der Waals surface area contributed by atoms with Crippen LogP contribution in [0.25, 0.3) is 0 Å². The Hall–Kier alpha value is -1.88. The van der Waals surface area contributed by atoms with Crippen molar-refractivity contribution < 1.29 is 19.4 Å². The summed E-state index contributed by atoms with van der Waals surface area (Å²) < 4.78 is 5.80. The summed E-state index contributed by atoms with van der Waals surface area (Å²) in [6, 6.07) is 6.18. The molecular formula is C29H49NO4. The molecule has 0 radical (unpaired) electrons. The fourth-order valence-corrected chi connectivity index (χ4v) is 4.27. The van der Waals surface area contributed by atoms with Crippen LogP contribution in [-0.2, 0) is 9.59 Å². The molecule has 0 fully saturated rings. The first-order chi connectivity index (χ1) is 16.2. The van der Waals surface area contributed by atoms with E-state index in [9.17, 15) is 14.7 Å². The normalized spacial score (nSPS) is 13.4. The van der Waals surface area contributed by atoms with Crippen LogP contribution in [0.1, 0.15) is 129 Å². The van der Waals surface area contributed by atoms with Gasteiger partial charge in [0.15, 0.2) is 0 Å². The first kappa shape index (κ1) is 30.2. The molecule has 0 saturated carbocycles. The maximum absolute atomic E-state index is 12.7. The number of unbranched alkanes of at least 4 members (excludes halogenated alkanes) is 12. The molecule has 34 heavy (non-hydrogen) atoms. The van der Waals surface area contributed by atoms with Gasteiger partial charge in [-0.25, -0.2) is 0 Å². The third kappa shape index (κ3) is 13.1. The highest BCUT2D eigenvalue weighted by Gasteiger charge is 2.33. The van der Waals surface area contributed by atoms with Crippen molar-refractivity contribution in [2.24, 2.45) is 11.7 Å². The Morgan fingerprint density at radius 1 is 0.824 bits per heavy atom. The summed E-state index contributed by atoms with van der Waals surface area (Å²) in [5.74, 6) is -1.96. The predicted octanol–water partition coefficient (Wildman–Crippen LogP) is 7.61. The summed E-state index contributed by atoms with van der Waals surface area (Å²) in [7, 11) is 0. The van der Waals surface area contributed by atoms with E-state index in [1.54, 1.807) is 24.3 Å². The van der Waals surface area contributed by atoms with Gasteiger partial charge in [0.1, 0.15) is 23.1 Å². The van der Waals surface area contributed by atoms with Crippen LogP contribution < -0.4 is 10.5 Å². The second-order valence-corrected chi connectivity index (χ2v) is 10.6. The van der Waals surface area contributed by atoms with E-state index in [0.717, 1.165) is 19.3 Å². The number of carbonyl (C=O) groups excluding carboxylic acids is 1. The summed E-state index contributed by atoms with van der Waals surface area (Å²) in [6.07, 6.45) is 16.2. The predicted molar refractivity (Wildman–Crippen MR) is 140 cm³/mol. The SMILES string of the molecule is CCCCCCCCCCCCCCCC(=O)C(C(=O)O)C(N)c1ccc(OC(C)(C)C)cc1. The van der Waals surface area contributed by atoms with Gasteiger partial charge in [0, 0.05) is 6.42 Å². The minimum atomic E-state index is -1.22. The van der Waals surface area contributed by atoms with E-state index in [0.29, 0.717) is 11.3 Å². The zero-order valence-corrected chi connectivity index (χ0v) is 22.1. The van der Waals surface area contributed by atoms with Gasteiger partial charge in [0.25, 0.3) is 0 Å². The van der Waals surface area contributed by atoms with Crippen LogP contribution in [0.4, 0.5) is 0 Å². The lowest BCUT2D eigenvalue weighted by Crippen LogP contribution is -2.34. The Kier molecular flexibility index (Phi) is 14.8. The molecule has 0 aliphatic carbocycles. The zero-order chi connectivity index (χ0) is 25.4. The molecule has 0 aliphatic heterocycles. The fraction of sp³-hybridized carbons (Fsp3) is 0.724. The van der Waals surface area contributed by atoms with Crippen molar-refractivity contribution in [2.45, 2.75) is 129 Å². The summed E-state index contributed by atoms with van der Waals surface area (Å²) >= 11 is 0. The fourth-order valence-electron chi connectivity index (χ4n) is 4.27. The summed E-state index contributed by atoms with van der Waals surface area (Å²) in [5, 5.41) is 9.66. The Balaban J connectivity index is 2.30. The second-order valence-electron chi connectivity index (χ2n) is 10.6. The van der Waals surface area contributed by atoms with Gasteiger partial charge in [-0.3, -0.25) is 9.59 Å². The molecule has 0 bridgehead atoms. The van der Waals surface area contributed by atoms with Gasteiger partial charge in [-0.2, -0.15) is 0 Å². The molecule has 1 rings (SSSR count). The standard InChI is InChI=1S/C29H49NO4/c1-5-6-7-8-9-10-11-12-13-14-15-16-17-18-25(31)26(28(32)33)27(30)23-19-21-24(22-20-23)34-29(2,3)4/h19-22,26-27H,5-18,30H2,1-4H3,(H,32,33). The summed E-state index contributed by atoms with van der Waals surface area (Å²) in [4.78, 5) is 24.5. The van der Waals surface area contributed by atoms with Crippen LogP contribution in [0.2, 0.25) is 0 Å². The highest BCUT2D eigenvalue weighted by atomic mass is 16.5. The number of ketones is 1. The van der Waals surface area contributed by atoms with Crippen LogP contribution in [0.5, 0.6) is 5.75 Å². The largest absolute Gasteiger partial charge is 0.488 e. The van der Waals surface area contributed by atoms with Gasteiger partial charge in [-0.05, 0) is 44.9 Å². The van der Waals surface area contributed by atoms with Crippen LogP contribution in [0, 0.1) is 5.92 Å². The number of nitrogens with two attached hydrogens (primary N) is 1. The molecule has 194 valence electrons. The molecule has 2 atom stereocenters. The summed E-state index contributed by atoms with van der Waals surface area (Å²) in [6.45, 7) is 8.13. The lowest BCUT2D eigenvalue weighted by Gasteiger charge is -2.23. The van der Waals surface area contributed by atoms with Gasteiger partial charge in [-0.1, -0.05) is 96.1 Å². The van der Waals surface area contributed by atoms with Gasteiger partial charge >= 0.3 is 5.97 Å². The minimum absolute atomic E-state index is 0.271. The Labute approximate surface area is 207 Å². The van der Waals surface area contributed by atoms with E-state index in [1.807, 2.05) is 20.8 Å². The van der Waals surface area contributed by atoms with E-state index in [-0.39, 0.29) is 17.8 Å². The molecular weight excluding hydrogens is 426 g/mol. The van der Waals surface area contributed by atoms with Crippen LogP contribution in [-0.4, -0.2) is 22.5 Å². The first-order valence-electron chi connectivity index (χ1n) is 13.5. The molecule has 0 aliphatic rings. The lowest BCUT2D eigenvalue weighted by atomic mass is 9.88. The number of hydrogen-bond acceptors (Lipinski definition) is 4. The smallest absolute Gasteiger partial charge is 0.316 e. The number of carboxylic acids is 1. The molecule has 0 amide bonds. The third-order valence-corrected chi connectivity index (χ3v) is 6.19. The number of Topliss-reactive ketones (excluding diaryl/α,β-unsaturated/α-hetero) is 1. The van der Waals surface area contributed by atoms with E-state index in [4.69, 9.17) is 10.5 Å². The van der Waals surface area contributed by atoms with Crippen molar-refractivity contribution >= 4 is 11.8 Å². The molecule has 0 aromatic heterocycles. The van der Waals surface area contributed by atoms with Crippen LogP contribution >= 0.6 is 0 Å². The van der Waals surface area contributed by atoms with Crippen LogP contribution in [0.15, 0.2) is 24.3 Å².